The third-order valence-electron chi connectivity index (χ3n) is 4.54. The third-order valence-corrected chi connectivity index (χ3v) is 4.54. The molecule has 3 fully saturated rings. The second-order valence-electron chi connectivity index (χ2n) is 5.73. The smallest absolute Gasteiger partial charge is 0.326 e. The van der Waals surface area contributed by atoms with Gasteiger partial charge in [0.15, 0.2) is 6.23 Å². The molecule has 6 unspecified atom stereocenters. The Kier molecular flexibility index (Phi) is 3.94. The van der Waals surface area contributed by atoms with Gasteiger partial charge in [-0.25, -0.2) is 0 Å². The van der Waals surface area contributed by atoms with Crippen LogP contribution in [0.5, 0.6) is 0 Å². The van der Waals surface area contributed by atoms with E-state index >= 15 is 0 Å². The van der Waals surface area contributed by atoms with Crippen LogP contribution in [0.15, 0.2) is 0 Å². The molecule has 3 heterocycles. The number of hydrogen-bond acceptors (Lipinski definition) is 5. The number of carbonyl (C=O) groups excluding carboxylic acids is 1. The SMILES string of the molecule is CC(OC(=O)C1CN2CCN1C(C)C2C)N(C)C. The van der Waals surface area contributed by atoms with Gasteiger partial charge in [0.1, 0.15) is 6.04 Å². The number of hydrogen-bond donors (Lipinski definition) is 0. The fourth-order valence-electron chi connectivity index (χ4n) is 2.82. The van der Waals surface area contributed by atoms with Crippen molar-refractivity contribution >= 4 is 5.97 Å². The maximum absolute atomic E-state index is 12.2. The summed E-state index contributed by atoms with van der Waals surface area (Å²) in [4.78, 5) is 18.8. The van der Waals surface area contributed by atoms with Gasteiger partial charge in [-0.3, -0.25) is 19.5 Å². The number of esters is 1. The van der Waals surface area contributed by atoms with Gasteiger partial charge < -0.3 is 4.74 Å². The Morgan fingerprint density at radius 3 is 2.50 bits per heavy atom. The first-order chi connectivity index (χ1) is 8.41. The Morgan fingerprint density at radius 2 is 1.94 bits per heavy atom. The van der Waals surface area contributed by atoms with Crippen molar-refractivity contribution in [3.63, 3.8) is 0 Å². The number of rotatable bonds is 3. The molecular formula is C13H25N3O2. The van der Waals surface area contributed by atoms with Crippen molar-refractivity contribution in [3.05, 3.63) is 0 Å². The second kappa shape index (κ2) is 5.15. The van der Waals surface area contributed by atoms with Gasteiger partial charge in [0.25, 0.3) is 0 Å². The van der Waals surface area contributed by atoms with E-state index in [1.54, 1.807) is 0 Å². The fourth-order valence-corrected chi connectivity index (χ4v) is 2.82. The number of piperazine rings is 3. The van der Waals surface area contributed by atoms with Crippen molar-refractivity contribution in [2.45, 2.75) is 45.1 Å². The third kappa shape index (κ3) is 2.39. The normalized spacial score (nSPS) is 40.9. The molecule has 0 aromatic heterocycles. The van der Waals surface area contributed by atoms with E-state index in [4.69, 9.17) is 4.74 Å². The molecule has 0 N–H and O–H groups in total. The van der Waals surface area contributed by atoms with Gasteiger partial charge in [-0.15, -0.1) is 0 Å². The lowest BCUT2D eigenvalue weighted by Gasteiger charge is -2.54. The van der Waals surface area contributed by atoms with Crippen LogP contribution in [0.25, 0.3) is 0 Å². The molecule has 0 aromatic carbocycles. The molecule has 3 saturated heterocycles. The summed E-state index contributed by atoms with van der Waals surface area (Å²) < 4.78 is 5.51. The van der Waals surface area contributed by atoms with E-state index in [0.29, 0.717) is 12.1 Å². The molecule has 0 amide bonds. The van der Waals surface area contributed by atoms with Crippen LogP contribution in [0.2, 0.25) is 0 Å². The highest BCUT2D eigenvalue weighted by atomic mass is 16.6. The lowest BCUT2D eigenvalue weighted by atomic mass is 9.96. The Bertz CT molecular complexity index is 319. The van der Waals surface area contributed by atoms with E-state index < -0.39 is 0 Å². The summed E-state index contributed by atoms with van der Waals surface area (Å²) in [6.07, 6.45) is -0.165. The van der Waals surface area contributed by atoms with Gasteiger partial charge in [0.05, 0.1) is 0 Å². The highest BCUT2D eigenvalue weighted by Gasteiger charge is 2.45. The second-order valence-corrected chi connectivity index (χ2v) is 5.73. The van der Waals surface area contributed by atoms with Crippen LogP contribution in [0.3, 0.4) is 0 Å². The van der Waals surface area contributed by atoms with Crippen molar-refractivity contribution in [3.8, 4) is 0 Å². The van der Waals surface area contributed by atoms with Gasteiger partial charge in [-0.2, -0.15) is 0 Å². The largest absolute Gasteiger partial charge is 0.445 e. The van der Waals surface area contributed by atoms with Crippen molar-refractivity contribution in [2.75, 3.05) is 33.7 Å². The number of ether oxygens (including phenoxy) is 1. The van der Waals surface area contributed by atoms with Crippen LogP contribution in [0.1, 0.15) is 20.8 Å². The summed E-state index contributed by atoms with van der Waals surface area (Å²) in [6.45, 7) is 9.19. The Labute approximate surface area is 110 Å². The van der Waals surface area contributed by atoms with Crippen LogP contribution in [-0.4, -0.2) is 78.8 Å². The van der Waals surface area contributed by atoms with E-state index in [0.717, 1.165) is 19.6 Å². The maximum Gasteiger partial charge on any atom is 0.326 e. The molecule has 0 saturated carbocycles. The van der Waals surface area contributed by atoms with Crippen molar-refractivity contribution < 1.29 is 9.53 Å². The van der Waals surface area contributed by atoms with Crippen LogP contribution >= 0.6 is 0 Å². The summed E-state index contributed by atoms with van der Waals surface area (Å²) in [5.41, 5.74) is 0. The minimum Gasteiger partial charge on any atom is -0.445 e. The molecule has 3 aliphatic rings. The van der Waals surface area contributed by atoms with Gasteiger partial charge in [-0.05, 0) is 34.9 Å². The summed E-state index contributed by atoms with van der Waals surface area (Å²) in [7, 11) is 3.83. The molecule has 5 nitrogen and oxygen atoms in total. The quantitative estimate of drug-likeness (QED) is 0.532. The van der Waals surface area contributed by atoms with Crippen molar-refractivity contribution in [2.24, 2.45) is 0 Å². The molecule has 2 bridgehead atoms. The van der Waals surface area contributed by atoms with Crippen molar-refractivity contribution in [1.29, 1.82) is 0 Å². The molecule has 6 atom stereocenters. The van der Waals surface area contributed by atoms with Gasteiger partial charge in [0, 0.05) is 31.7 Å². The van der Waals surface area contributed by atoms with Crippen LogP contribution < -0.4 is 0 Å². The highest BCUT2D eigenvalue weighted by molar-refractivity contribution is 5.76. The highest BCUT2D eigenvalue weighted by Crippen LogP contribution is 2.27. The molecule has 3 rings (SSSR count). The lowest BCUT2D eigenvalue weighted by molar-refractivity contribution is -0.172. The van der Waals surface area contributed by atoms with Gasteiger partial charge >= 0.3 is 5.97 Å². The summed E-state index contributed by atoms with van der Waals surface area (Å²) in [5, 5.41) is 0. The van der Waals surface area contributed by atoms with Crippen molar-refractivity contribution in [1.82, 2.24) is 14.7 Å². The Hall–Kier alpha value is -0.650. The predicted molar refractivity (Wildman–Crippen MR) is 70.2 cm³/mol. The topological polar surface area (TPSA) is 36.0 Å². The van der Waals surface area contributed by atoms with Crippen LogP contribution in [0, 0.1) is 0 Å². The van der Waals surface area contributed by atoms with E-state index in [2.05, 4.69) is 23.6 Å². The first-order valence-electron chi connectivity index (χ1n) is 6.78. The standard InChI is InChI=1S/C13H25N3O2/c1-9-10(2)16-7-6-15(9)8-12(16)13(17)18-11(3)14(4)5/h9-12H,6-8H2,1-5H3. The first-order valence-corrected chi connectivity index (χ1v) is 6.78. The zero-order valence-electron chi connectivity index (χ0n) is 12.1. The predicted octanol–water partition coefficient (Wildman–Crippen LogP) is 0.214. The minimum absolute atomic E-state index is 0.0837. The molecule has 0 radical (unpaired) electrons. The molecule has 0 aromatic rings. The molecule has 18 heavy (non-hydrogen) atoms. The molecule has 0 spiro atoms. The average molecular weight is 255 g/mol. The first kappa shape index (κ1) is 13.8. The van der Waals surface area contributed by atoms with E-state index in [1.807, 2.05) is 25.9 Å². The molecule has 104 valence electrons. The zero-order chi connectivity index (χ0) is 13.4. The van der Waals surface area contributed by atoms with Gasteiger partial charge in [0.2, 0.25) is 0 Å². The number of nitrogens with zero attached hydrogens (tertiary/aromatic N) is 3. The van der Waals surface area contributed by atoms with Crippen LogP contribution in [0.4, 0.5) is 0 Å². The van der Waals surface area contributed by atoms with Crippen LogP contribution in [-0.2, 0) is 9.53 Å². The Morgan fingerprint density at radius 1 is 1.28 bits per heavy atom. The lowest BCUT2D eigenvalue weighted by Crippen LogP contribution is -2.70. The van der Waals surface area contributed by atoms with Gasteiger partial charge in [-0.1, -0.05) is 0 Å². The average Bonchev–Trinajstić information content (AvgIpc) is 2.34. The van der Waals surface area contributed by atoms with E-state index in [1.165, 1.54) is 0 Å². The van der Waals surface area contributed by atoms with E-state index in [-0.39, 0.29) is 18.2 Å². The fraction of sp³-hybridized carbons (Fsp3) is 0.923. The minimum atomic E-state index is -0.165. The summed E-state index contributed by atoms with van der Waals surface area (Å²) in [5.74, 6) is -0.0837. The Balaban J connectivity index is 2.00. The summed E-state index contributed by atoms with van der Waals surface area (Å²) in [6, 6.07) is 0.876. The number of carbonyl (C=O) groups is 1. The molecule has 3 aliphatic heterocycles. The van der Waals surface area contributed by atoms with E-state index in [9.17, 15) is 4.79 Å². The monoisotopic (exact) mass is 255 g/mol. The number of fused-ring (bicyclic) bond motifs is 3. The summed E-state index contributed by atoms with van der Waals surface area (Å²) >= 11 is 0. The molecule has 5 heteroatoms. The maximum atomic E-state index is 12.2. The zero-order valence-corrected chi connectivity index (χ0v) is 12.1. The molecule has 0 aliphatic carbocycles. The molecular weight excluding hydrogens is 230 g/mol.